The molecule has 1 aliphatic rings. The first-order chi connectivity index (χ1) is 21.5. The zero-order chi connectivity index (χ0) is 31.3. The lowest BCUT2D eigenvalue weighted by Crippen LogP contribution is -2.29. The summed E-state index contributed by atoms with van der Waals surface area (Å²) in [5.41, 5.74) is 6.25. The fraction of sp³-hybridized carbons (Fsp3) is 0.410. The second-order valence-electron chi connectivity index (χ2n) is 11.6. The third-order valence-electron chi connectivity index (χ3n) is 8.53. The summed E-state index contributed by atoms with van der Waals surface area (Å²) in [7, 11) is 0. The van der Waals surface area contributed by atoms with Gasteiger partial charge in [0.05, 0.1) is 29.1 Å². The van der Waals surface area contributed by atoms with Crippen LogP contribution in [0.2, 0.25) is 0 Å². The van der Waals surface area contributed by atoms with Crippen LogP contribution in [0, 0.1) is 11.3 Å². The van der Waals surface area contributed by atoms with Crippen LogP contribution in [-0.2, 0) is 19.3 Å². The number of aryl methyl sites for hydroxylation is 2. The molecule has 1 aromatic heterocycles. The number of unbranched alkanes of at least 4 members (excludes halogenated alkanes) is 2. The van der Waals surface area contributed by atoms with Gasteiger partial charge in [-0.15, -0.1) is 0 Å². The molecule has 0 radical (unpaired) electrons. The largest absolute Gasteiger partial charge is 0.490 e. The smallest absolute Gasteiger partial charge is 0.261 e. The highest BCUT2D eigenvalue weighted by molar-refractivity contribution is 5.70. The van der Waals surface area contributed by atoms with Crippen molar-refractivity contribution in [1.82, 2.24) is 9.55 Å². The fourth-order valence-electron chi connectivity index (χ4n) is 6.04. The van der Waals surface area contributed by atoms with Crippen molar-refractivity contribution < 1.29 is 4.74 Å². The molecule has 0 amide bonds. The summed E-state index contributed by atoms with van der Waals surface area (Å²) in [6, 6.07) is 18.0. The Morgan fingerprint density at radius 1 is 1.07 bits per heavy atom. The number of aromatic nitrogens is 2. The molecule has 0 N–H and O–H groups in total. The van der Waals surface area contributed by atoms with Crippen molar-refractivity contribution in [2.45, 2.75) is 104 Å². The Morgan fingerprint density at radius 2 is 1.82 bits per heavy atom. The summed E-state index contributed by atoms with van der Waals surface area (Å²) in [4.78, 5) is 19.4. The molecule has 1 heterocycles. The van der Waals surface area contributed by atoms with E-state index >= 15 is 0 Å². The third-order valence-corrected chi connectivity index (χ3v) is 8.53. The van der Waals surface area contributed by atoms with Crippen molar-refractivity contribution in [1.29, 1.82) is 5.26 Å². The van der Waals surface area contributed by atoms with E-state index in [-0.39, 0.29) is 5.56 Å². The highest BCUT2D eigenvalue weighted by Gasteiger charge is 2.19. The second kappa shape index (κ2) is 16.6. The quantitative estimate of drug-likeness (QED) is 0.131. The topological polar surface area (TPSA) is 67.9 Å². The molecule has 0 atom stereocenters. The van der Waals surface area contributed by atoms with Crippen LogP contribution in [-0.4, -0.2) is 15.7 Å². The van der Waals surface area contributed by atoms with Crippen LogP contribution < -0.4 is 10.3 Å². The number of nitriles is 1. The minimum absolute atomic E-state index is 0.00621. The molecule has 4 rings (SSSR count). The molecule has 1 aliphatic carbocycles. The van der Waals surface area contributed by atoms with E-state index in [2.05, 4.69) is 45.6 Å². The number of rotatable bonds is 15. The van der Waals surface area contributed by atoms with Crippen molar-refractivity contribution in [3.8, 4) is 17.5 Å². The molecule has 5 nitrogen and oxygen atoms in total. The first-order valence-corrected chi connectivity index (χ1v) is 16.4. The Kier molecular flexibility index (Phi) is 12.4. The van der Waals surface area contributed by atoms with Crippen molar-refractivity contribution in [2.75, 3.05) is 0 Å². The van der Waals surface area contributed by atoms with Gasteiger partial charge in [-0.05, 0) is 98.4 Å². The molecule has 0 unspecified atom stereocenters. The van der Waals surface area contributed by atoms with Gasteiger partial charge in [-0.3, -0.25) is 9.36 Å². The molecule has 5 heteroatoms. The highest BCUT2D eigenvalue weighted by Crippen LogP contribution is 2.26. The summed E-state index contributed by atoms with van der Waals surface area (Å²) in [5, 5.41) is 9.57. The SMILES string of the molecule is C=C/C(=C\C/C=C(\CC)c1ccccc1C#N)Cc1c(CCCCC)nc(CC)n(-c2ccc(OC3CCCC3)cc2)c1=O. The van der Waals surface area contributed by atoms with Crippen LogP contribution in [0.5, 0.6) is 5.75 Å². The summed E-state index contributed by atoms with van der Waals surface area (Å²) in [5.74, 6) is 1.63. The molecule has 230 valence electrons. The van der Waals surface area contributed by atoms with Crippen molar-refractivity contribution >= 4 is 5.57 Å². The Hall–Kier alpha value is -4.17. The molecule has 0 aliphatic heterocycles. The maximum atomic E-state index is 14.3. The Labute approximate surface area is 263 Å². The number of allylic oxidation sites excluding steroid dienone is 5. The molecular weight excluding hydrogens is 542 g/mol. The summed E-state index contributed by atoms with van der Waals surface area (Å²) in [6.07, 6.45) is 17.8. The van der Waals surface area contributed by atoms with E-state index in [4.69, 9.17) is 9.72 Å². The molecule has 3 aromatic rings. The second-order valence-corrected chi connectivity index (χ2v) is 11.6. The monoisotopic (exact) mass is 589 g/mol. The van der Waals surface area contributed by atoms with E-state index in [1.807, 2.05) is 54.6 Å². The lowest BCUT2D eigenvalue weighted by molar-refractivity contribution is 0.210. The van der Waals surface area contributed by atoms with Gasteiger partial charge in [0.2, 0.25) is 0 Å². The molecule has 0 saturated heterocycles. The molecule has 0 spiro atoms. The minimum atomic E-state index is -0.00621. The number of hydrogen-bond acceptors (Lipinski definition) is 4. The zero-order valence-corrected chi connectivity index (χ0v) is 26.8. The summed E-state index contributed by atoms with van der Waals surface area (Å²) in [6.45, 7) is 10.4. The molecule has 44 heavy (non-hydrogen) atoms. The van der Waals surface area contributed by atoms with Gasteiger partial charge >= 0.3 is 0 Å². The molecule has 1 fully saturated rings. The normalized spacial score (nSPS) is 14.0. The van der Waals surface area contributed by atoms with Gasteiger partial charge < -0.3 is 4.74 Å². The van der Waals surface area contributed by atoms with Crippen LogP contribution in [0.1, 0.15) is 107 Å². The lowest BCUT2D eigenvalue weighted by atomic mass is 9.96. The van der Waals surface area contributed by atoms with Crippen LogP contribution in [0.3, 0.4) is 0 Å². The van der Waals surface area contributed by atoms with Crippen LogP contribution >= 0.6 is 0 Å². The lowest BCUT2D eigenvalue weighted by Gasteiger charge is -2.18. The van der Waals surface area contributed by atoms with Crippen LogP contribution in [0.4, 0.5) is 0 Å². The number of nitrogens with zero attached hydrogens (tertiary/aromatic N) is 3. The van der Waals surface area contributed by atoms with E-state index in [0.29, 0.717) is 30.9 Å². The van der Waals surface area contributed by atoms with Crippen molar-refractivity contribution in [3.63, 3.8) is 0 Å². The van der Waals surface area contributed by atoms with Gasteiger partial charge in [-0.2, -0.15) is 5.26 Å². The maximum absolute atomic E-state index is 14.3. The Balaban J connectivity index is 1.66. The first-order valence-electron chi connectivity index (χ1n) is 16.4. The van der Waals surface area contributed by atoms with E-state index in [0.717, 1.165) is 90.2 Å². The van der Waals surface area contributed by atoms with Gasteiger partial charge in [-0.25, -0.2) is 4.98 Å². The van der Waals surface area contributed by atoms with Gasteiger partial charge in [0.15, 0.2) is 0 Å². The maximum Gasteiger partial charge on any atom is 0.261 e. The molecule has 2 aromatic carbocycles. The fourth-order valence-corrected chi connectivity index (χ4v) is 6.04. The predicted octanol–water partition coefficient (Wildman–Crippen LogP) is 9.26. The summed E-state index contributed by atoms with van der Waals surface area (Å²) >= 11 is 0. The molecular formula is C39H47N3O2. The van der Waals surface area contributed by atoms with E-state index in [1.54, 1.807) is 4.57 Å². The van der Waals surface area contributed by atoms with Crippen molar-refractivity contribution in [3.05, 3.63) is 117 Å². The third kappa shape index (κ3) is 8.26. The Bertz CT molecular complexity index is 1560. The average Bonchev–Trinajstić information content (AvgIpc) is 3.57. The summed E-state index contributed by atoms with van der Waals surface area (Å²) < 4.78 is 7.96. The Morgan fingerprint density at radius 3 is 2.48 bits per heavy atom. The van der Waals surface area contributed by atoms with E-state index in [1.165, 1.54) is 12.8 Å². The van der Waals surface area contributed by atoms with Gasteiger partial charge in [0, 0.05) is 18.4 Å². The van der Waals surface area contributed by atoms with E-state index < -0.39 is 0 Å². The number of benzene rings is 2. The van der Waals surface area contributed by atoms with Gasteiger partial charge in [0.1, 0.15) is 11.6 Å². The molecule has 0 bridgehead atoms. The van der Waals surface area contributed by atoms with Gasteiger partial charge in [0.25, 0.3) is 5.56 Å². The molecule has 1 saturated carbocycles. The van der Waals surface area contributed by atoms with E-state index in [9.17, 15) is 10.1 Å². The predicted molar refractivity (Wildman–Crippen MR) is 181 cm³/mol. The van der Waals surface area contributed by atoms with Gasteiger partial charge in [-0.1, -0.05) is 76.6 Å². The average molecular weight is 590 g/mol. The zero-order valence-electron chi connectivity index (χ0n) is 26.8. The minimum Gasteiger partial charge on any atom is -0.490 e. The van der Waals surface area contributed by atoms with Crippen LogP contribution in [0.25, 0.3) is 11.3 Å². The number of ether oxygens (including phenoxy) is 1. The van der Waals surface area contributed by atoms with Crippen LogP contribution in [0.15, 0.2) is 83.7 Å². The van der Waals surface area contributed by atoms with Crippen molar-refractivity contribution in [2.24, 2.45) is 0 Å². The highest BCUT2D eigenvalue weighted by atomic mass is 16.5. The first kappa shape index (κ1) is 32.7. The number of hydrogen-bond donors (Lipinski definition) is 0. The standard InChI is InChI=1S/C39H47N3O2/c1-5-9-10-22-37-36(27-29(6-2)16-15-18-30(7-3)35-21-14-11-17-31(35)28-40)39(43)42(38(8-4)41-37)32-23-25-34(26-24-32)44-33-19-12-13-20-33/h6,11,14,16-18,21,23-26,33H,2,5,7-10,12-13,15,19-20,22,27H2,1,3-4H3/b29-16+,30-18+.